The predicted octanol–water partition coefficient (Wildman–Crippen LogP) is 2.09. The number of nitrogens with one attached hydrogen (secondary N) is 1. The van der Waals surface area contributed by atoms with Gasteiger partial charge in [-0.15, -0.1) is 24.0 Å². The van der Waals surface area contributed by atoms with E-state index in [9.17, 15) is 8.42 Å². The molecule has 0 aliphatic carbocycles. The van der Waals surface area contributed by atoms with Gasteiger partial charge < -0.3 is 15.0 Å². The van der Waals surface area contributed by atoms with E-state index in [4.69, 9.17) is 4.74 Å². The molecule has 0 unspecified atom stereocenters. The molecule has 160 valence electrons. The average Bonchev–Trinajstić information content (AvgIpc) is 2.68. The Morgan fingerprint density at radius 2 is 1.93 bits per heavy atom. The topological polar surface area (TPSA) is 74.2 Å². The first-order valence-corrected chi connectivity index (χ1v) is 11.9. The number of thioether (sulfide) groups is 1. The van der Waals surface area contributed by atoms with E-state index in [2.05, 4.69) is 10.3 Å². The fourth-order valence-corrected chi connectivity index (χ4v) is 5.22. The van der Waals surface area contributed by atoms with Crippen LogP contribution in [0.1, 0.15) is 12.5 Å². The van der Waals surface area contributed by atoms with Gasteiger partial charge in [-0.25, -0.2) is 12.7 Å². The Balaban J connectivity index is 0.00000392. The molecule has 10 heteroatoms. The second-order valence-corrected chi connectivity index (χ2v) is 9.58. The lowest BCUT2D eigenvalue weighted by Gasteiger charge is -2.25. The summed E-state index contributed by atoms with van der Waals surface area (Å²) in [7, 11) is 0.360. The lowest BCUT2D eigenvalue weighted by Crippen LogP contribution is -2.41. The SMILES string of the molecule is CCNC(=NCCS(=O)(=O)N1CCSCC1)N(C)Cc1ccc(OC)cc1.I. The molecule has 1 aromatic carbocycles. The zero-order valence-corrected chi connectivity index (χ0v) is 20.7. The fraction of sp³-hybridized carbons (Fsp3) is 0.611. The number of benzene rings is 1. The second-order valence-electron chi connectivity index (χ2n) is 6.27. The predicted molar refractivity (Wildman–Crippen MR) is 129 cm³/mol. The molecule has 1 fully saturated rings. The summed E-state index contributed by atoms with van der Waals surface area (Å²) >= 11 is 1.80. The third-order valence-corrected chi connectivity index (χ3v) is 7.04. The second kappa shape index (κ2) is 12.8. The molecule has 1 aliphatic heterocycles. The van der Waals surface area contributed by atoms with Crippen molar-refractivity contribution in [3.63, 3.8) is 0 Å². The number of hydrogen-bond acceptors (Lipinski definition) is 5. The van der Waals surface area contributed by atoms with Gasteiger partial charge in [-0.2, -0.15) is 11.8 Å². The maximum Gasteiger partial charge on any atom is 0.215 e. The number of aliphatic imine (C=N–C) groups is 1. The van der Waals surface area contributed by atoms with Crippen molar-refractivity contribution < 1.29 is 13.2 Å². The Morgan fingerprint density at radius 3 is 2.50 bits per heavy atom. The third kappa shape index (κ3) is 7.96. The Bertz CT molecular complexity index is 708. The van der Waals surface area contributed by atoms with E-state index in [1.165, 1.54) is 0 Å². The molecule has 1 saturated heterocycles. The van der Waals surface area contributed by atoms with Gasteiger partial charge in [0.2, 0.25) is 10.0 Å². The van der Waals surface area contributed by atoms with Crippen LogP contribution in [0.2, 0.25) is 0 Å². The van der Waals surface area contributed by atoms with Gasteiger partial charge in [0, 0.05) is 44.7 Å². The van der Waals surface area contributed by atoms with Gasteiger partial charge in [-0.05, 0) is 24.6 Å². The molecule has 1 heterocycles. The number of guanidine groups is 1. The van der Waals surface area contributed by atoms with E-state index in [0.717, 1.165) is 29.4 Å². The number of hydrogen-bond donors (Lipinski definition) is 1. The molecule has 1 N–H and O–H groups in total. The van der Waals surface area contributed by atoms with Crippen molar-refractivity contribution in [1.29, 1.82) is 0 Å². The first-order valence-electron chi connectivity index (χ1n) is 9.14. The molecular formula is C18H31IN4O3S2. The Hall–Kier alpha value is -0.720. The van der Waals surface area contributed by atoms with E-state index in [1.807, 2.05) is 43.1 Å². The van der Waals surface area contributed by atoms with E-state index in [-0.39, 0.29) is 36.3 Å². The highest BCUT2D eigenvalue weighted by molar-refractivity contribution is 14.0. The van der Waals surface area contributed by atoms with Crippen LogP contribution < -0.4 is 10.1 Å². The van der Waals surface area contributed by atoms with Crippen molar-refractivity contribution in [2.45, 2.75) is 13.5 Å². The summed E-state index contributed by atoms with van der Waals surface area (Å²) in [4.78, 5) is 6.51. The van der Waals surface area contributed by atoms with Crippen molar-refractivity contribution in [1.82, 2.24) is 14.5 Å². The fourth-order valence-electron chi connectivity index (χ4n) is 2.77. The van der Waals surface area contributed by atoms with E-state index < -0.39 is 10.0 Å². The van der Waals surface area contributed by atoms with Gasteiger partial charge in [0.1, 0.15) is 5.75 Å². The molecule has 28 heavy (non-hydrogen) atoms. The van der Waals surface area contributed by atoms with Crippen LogP contribution in [0.5, 0.6) is 5.75 Å². The molecule has 1 aliphatic rings. The Morgan fingerprint density at radius 1 is 1.29 bits per heavy atom. The summed E-state index contributed by atoms with van der Waals surface area (Å²) in [6.45, 7) is 4.86. The van der Waals surface area contributed by atoms with Crippen LogP contribution in [0.15, 0.2) is 29.3 Å². The van der Waals surface area contributed by atoms with Crippen LogP contribution in [-0.4, -0.2) is 81.2 Å². The van der Waals surface area contributed by atoms with Gasteiger partial charge in [0.25, 0.3) is 0 Å². The quantitative estimate of drug-likeness (QED) is 0.308. The minimum Gasteiger partial charge on any atom is -0.497 e. The summed E-state index contributed by atoms with van der Waals surface area (Å²) < 4.78 is 31.7. The van der Waals surface area contributed by atoms with Gasteiger partial charge in [-0.1, -0.05) is 12.1 Å². The molecule has 0 radical (unpaired) electrons. The largest absolute Gasteiger partial charge is 0.497 e. The Labute approximate surface area is 190 Å². The summed E-state index contributed by atoms with van der Waals surface area (Å²) in [6, 6.07) is 7.88. The molecule has 0 amide bonds. The molecule has 0 bridgehead atoms. The van der Waals surface area contributed by atoms with Crippen LogP contribution in [0.3, 0.4) is 0 Å². The zero-order valence-electron chi connectivity index (χ0n) is 16.8. The lowest BCUT2D eigenvalue weighted by molar-refractivity contribution is 0.414. The Kier molecular flexibility index (Phi) is 11.5. The van der Waals surface area contributed by atoms with Crippen LogP contribution >= 0.6 is 35.7 Å². The monoisotopic (exact) mass is 542 g/mol. The molecule has 0 saturated carbocycles. The summed E-state index contributed by atoms with van der Waals surface area (Å²) in [5.41, 5.74) is 1.13. The smallest absolute Gasteiger partial charge is 0.215 e. The maximum absolute atomic E-state index is 12.4. The first-order chi connectivity index (χ1) is 13.0. The highest BCUT2D eigenvalue weighted by Gasteiger charge is 2.23. The third-order valence-electron chi connectivity index (χ3n) is 4.25. The van der Waals surface area contributed by atoms with E-state index in [0.29, 0.717) is 25.6 Å². The summed E-state index contributed by atoms with van der Waals surface area (Å²) in [5, 5.41) is 3.23. The molecule has 1 aromatic rings. The number of rotatable bonds is 8. The normalized spacial score (nSPS) is 15.6. The molecule has 2 rings (SSSR count). The summed E-state index contributed by atoms with van der Waals surface area (Å²) in [5.74, 6) is 3.31. The van der Waals surface area contributed by atoms with Crippen molar-refractivity contribution in [2.75, 3.05) is 57.6 Å². The molecular weight excluding hydrogens is 511 g/mol. The number of sulfonamides is 1. The van der Waals surface area contributed by atoms with Crippen molar-refractivity contribution in [3.8, 4) is 5.75 Å². The van der Waals surface area contributed by atoms with Crippen molar-refractivity contribution in [3.05, 3.63) is 29.8 Å². The van der Waals surface area contributed by atoms with E-state index >= 15 is 0 Å². The summed E-state index contributed by atoms with van der Waals surface area (Å²) in [6.07, 6.45) is 0. The standard InChI is InChI=1S/C18H30N4O3S2.HI/c1-4-19-18(21(2)15-16-5-7-17(25-3)8-6-16)20-9-14-27(23,24)22-10-12-26-13-11-22;/h5-8H,4,9-15H2,1-3H3,(H,19,20);1H. The molecule has 0 spiro atoms. The number of methoxy groups -OCH3 is 1. The first kappa shape index (κ1) is 25.3. The van der Waals surface area contributed by atoms with Crippen molar-refractivity contribution >= 4 is 51.7 Å². The minimum absolute atomic E-state index is 0. The van der Waals surface area contributed by atoms with Gasteiger partial charge in [0.15, 0.2) is 5.96 Å². The minimum atomic E-state index is -3.23. The van der Waals surface area contributed by atoms with Gasteiger partial charge in [-0.3, -0.25) is 4.99 Å². The average molecular weight is 543 g/mol. The molecule has 0 atom stereocenters. The van der Waals surface area contributed by atoms with Crippen LogP contribution in [0.4, 0.5) is 0 Å². The van der Waals surface area contributed by atoms with Gasteiger partial charge >= 0.3 is 0 Å². The molecule has 7 nitrogen and oxygen atoms in total. The molecule has 0 aromatic heterocycles. The van der Waals surface area contributed by atoms with E-state index in [1.54, 1.807) is 23.2 Å². The number of halogens is 1. The van der Waals surface area contributed by atoms with Crippen LogP contribution in [-0.2, 0) is 16.6 Å². The van der Waals surface area contributed by atoms with Crippen LogP contribution in [0.25, 0.3) is 0 Å². The number of nitrogens with zero attached hydrogens (tertiary/aromatic N) is 3. The zero-order chi connectivity index (χ0) is 19.7. The highest BCUT2D eigenvalue weighted by atomic mass is 127. The highest BCUT2D eigenvalue weighted by Crippen LogP contribution is 2.14. The lowest BCUT2D eigenvalue weighted by atomic mass is 10.2. The maximum atomic E-state index is 12.4. The van der Waals surface area contributed by atoms with Crippen LogP contribution in [0, 0.1) is 0 Å². The van der Waals surface area contributed by atoms with Crippen molar-refractivity contribution in [2.24, 2.45) is 4.99 Å². The van der Waals surface area contributed by atoms with Gasteiger partial charge in [0.05, 0.1) is 19.4 Å². The number of ether oxygens (including phenoxy) is 1.